The summed E-state index contributed by atoms with van der Waals surface area (Å²) in [6, 6.07) is 0.493. The smallest absolute Gasteiger partial charge is 0.0251 e. The molecule has 1 aliphatic rings. The molecule has 0 bridgehead atoms. The molecule has 3 heteroatoms. The van der Waals surface area contributed by atoms with Gasteiger partial charge in [-0.25, -0.2) is 0 Å². The second-order valence-electron chi connectivity index (χ2n) is 6.04. The highest BCUT2D eigenvalue weighted by Gasteiger charge is 2.29. The van der Waals surface area contributed by atoms with E-state index in [9.17, 15) is 0 Å². The Morgan fingerprint density at radius 3 is 2.19 bits per heavy atom. The lowest BCUT2D eigenvalue weighted by Gasteiger charge is -2.36. The van der Waals surface area contributed by atoms with E-state index in [1.807, 2.05) is 0 Å². The molecule has 3 nitrogen and oxygen atoms in total. The van der Waals surface area contributed by atoms with E-state index in [2.05, 4.69) is 38.3 Å². The zero-order valence-electron chi connectivity index (χ0n) is 11.4. The monoisotopic (exact) mass is 227 g/mol. The topological polar surface area (TPSA) is 41.3 Å². The Hall–Kier alpha value is -0.120. The summed E-state index contributed by atoms with van der Waals surface area (Å²) < 4.78 is 0. The molecule has 1 saturated carbocycles. The molecule has 0 spiro atoms. The molecule has 1 aliphatic carbocycles. The van der Waals surface area contributed by atoms with Crippen molar-refractivity contribution >= 4 is 0 Å². The fraction of sp³-hybridized carbons (Fsp3) is 1.00. The Morgan fingerprint density at radius 2 is 1.75 bits per heavy atom. The average molecular weight is 227 g/mol. The van der Waals surface area contributed by atoms with Crippen molar-refractivity contribution in [1.29, 1.82) is 0 Å². The molecule has 0 radical (unpaired) electrons. The molecule has 0 aromatic heterocycles. The molecule has 0 saturated heterocycles. The third-order valence-electron chi connectivity index (χ3n) is 3.89. The van der Waals surface area contributed by atoms with Gasteiger partial charge in [0.1, 0.15) is 0 Å². The van der Waals surface area contributed by atoms with Gasteiger partial charge < -0.3 is 4.90 Å². The normalized spacial score (nSPS) is 33.0. The molecule has 0 aromatic rings. The maximum Gasteiger partial charge on any atom is 0.0251 e. The highest BCUT2D eigenvalue weighted by atomic mass is 15.2. The van der Waals surface area contributed by atoms with Gasteiger partial charge in [0.05, 0.1) is 0 Å². The molecule has 0 aromatic carbocycles. The van der Waals surface area contributed by atoms with Crippen LogP contribution in [0.2, 0.25) is 0 Å². The van der Waals surface area contributed by atoms with Gasteiger partial charge in [-0.15, -0.1) is 0 Å². The molecule has 1 fully saturated rings. The summed E-state index contributed by atoms with van der Waals surface area (Å²) in [5.74, 6) is 8.21. The SMILES string of the molecule is CC1CC(C)CC(C(CCN(C)C)NN)C1. The van der Waals surface area contributed by atoms with Gasteiger partial charge in [-0.05, 0) is 64.1 Å². The van der Waals surface area contributed by atoms with Crippen molar-refractivity contribution in [3.63, 3.8) is 0 Å². The van der Waals surface area contributed by atoms with Crippen LogP contribution in [0.25, 0.3) is 0 Å². The summed E-state index contributed by atoms with van der Waals surface area (Å²) in [6.45, 7) is 5.87. The number of nitrogens with zero attached hydrogens (tertiary/aromatic N) is 1. The number of hydrazine groups is 1. The first-order chi connectivity index (χ1) is 7.52. The molecular weight excluding hydrogens is 198 g/mol. The van der Waals surface area contributed by atoms with Gasteiger partial charge in [0, 0.05) is 6.04 Å². The standard InChI is InChI=1S/C13H29N3/c1-10-7-11(2)9-12(8-10)13(15-14)5-6-16(3)4/h10-13,15H,5-9,14H2,1-4H3. The van der Waals surface area contributed by atoms with Gasteiger partial charge in [-0.3, -0.25) is 11.3 Å². The van der Waals surface area contributed by atoms with Gasteiger partial charge in [-0.1, -0.05) is 13.8 Å². The minimum absolute atomic E-state index is 0.493. The summed E-state index contributed by atoms with van der Waals surface area (Å²) in [5, 5.41) is 0. The molecule has 0 aliphatic heterocycles. The predicted molar refractivity (Wildman–Crippen MR) is 70.0 cm³/mol. The van der Waals surface area contributed by atoms with Crippen LogP contribution in [0, 0.1) is 17.8 Å². The highest BCUT2D eigenvalue weighted by Crippen LogP contribution is 2.35. The average Bonchev–Trinajstić information content (AvgIpc) is 2.16. The second-order valence-corrected chi connectivity index (χ2v) is 6.04. The lowest BCUT2D eigenvalue weighted by atomic mass is 9.73. The van der Waals surface area contributed by atoms with Crippen LogP contribution < -0.4 is 11.3 Å². The van der Waals surface area contributed by atoms with Crippen molar-refractivity contribution in [3.05, 3.63) is 0 Å². The van der Waals surface area contributed by atoms with E-state index in [1.165, 1.54) is 19.3 Å². The molecule has 0 amide bonds. The van der Waals surface area contributed by atoms with E-state index < -0.39 is 0 Å². The summed E-state index contributed by atoms with van der Waals surface area (Å²) in [4.78, 5) is 2.24. The fourth-order valence-corrected chi connectivity index (χ4v) is 3.19. The molecule has 96 valence electrons. The summed E-state index contributed by atoms with van der Waals surface area (Å²) in [5.41, 5.74) is 3.04. The minimum atomic E-state index is 0.493. The largest absolute Gasteiger partial charge is 0.309 e. The van der Waals surface area contributed by atoms with Gasteiger partial charge in [-0.2, -0.15) is 0 Å². The summed E-state index contributed by atoms with van der Waals surface area (Å²) >= 11 is 0. The summed E-state index contributed by atoms with van der Waals surface area (Å²) in [7, 11) is 4.25. The van der Waals surface area contributed by atoms with E-state index in [1.54, 1.807) is 0 Å². The first-order valence-electron chi connectivity index (χ1n) is 6.63. The lowest BCUT2D eigenvalue weighted by Crippen LogP contribution is -2.44. The Bertz CT molecular complexity index is 184. The number of hydrogen-bond donors (Lipinski definition) is 2. The highest BCUT2D eigenvalue weighted by molar-refractivity contribution is 4.83. The molecule has 3 atom stereocenters. The van der Waals surface area contributed by atoms with Crippen LogP contribution in [0.4, 0.5) is 0 Å². The number of rotatable bonds is 5. The van der Waals surface area contributed by atoms with Crippen molar-refractivity contribution in [3.8, 4) is 0 Å². The van der Waals surface area contributed by atoms with Crippen molar-refractivity contribution < 1.29 is 0 Å². The molecule has 3 N–H and O–H groups in total. The predicted octanol–water partition coefficient (Wildman–Crippen LogP) is 1.84. The maximum atomic E-state index is 5.71. The van der Waals surface area contributed by atoms with Gasteiger partial charge in [0.15, 0.2) is 0 Å². The number of nitrogens with two attached hydrogens (primary N) is 1. The summed E-state index contributed by atoms with van der Waals surface area (Å²) in [6.07, 6.45) is 5.23. The molecule has 1 rings (SSSR count). The van der Waals surface area contributed by atoms with Gasteiger partial charge in [0.25, 0.3) is 0 Å². The third-order valence-corrected chi connectivity index (χ3v) is 3.89. The third kappa shape index (κ3) is 4.40. The van der Waals surface area contributed by atoms with Gasteiger partial charge in [0.2, 0.25) is 0 Å². The van der Waals surface area contributed by atoms with Crippen LogP contribution >= 0.6 is 0 Å². The van der Waals surface area contributed by atoms with Crippen LogP contribution in [-0.4, -0.2) is 31.6 Å². The molecule has 3 unspecified atom stereocenters. The second kappa shape index (κ2) is 6.58. The minimum Gasteiger partial charge on any atom is -0.309 e. The van der Waals surface area contributed by atoms with Gasteiger partial charge >= 0.3 is 0 Å². The Kier molecular flexibility index (Phi) is 5.73. The van der Waals surface area contributed by atoms with Crippen molar-refractivity contribution in [1.82, 2.24) is 10.3 Å². The van der Waals surface area contributed by atoms with Crippen LogP contribution in [0.3, 0.4) is 0 Å². The lowest BCUT2D eigenvalue weighted by molar-refractivity contribution is 0.165. The number of nitrogens with one attached hydrogen (secondary N) is 1. The molecule has 16 heavy (non-hydrogen) atoms. The van der Waals surface area contributed by atoms with E-state index in [0.717, 1.165) is 30.7 Å². The Labute approximate surface area is 101 Å². The van der Waals surface area contributed by atoms with E-state index in [0.29, 0.717) is 6.04 Å². The first kappa shape index (κ1) is 13.9. The quantitative estimate of drug-likeness (QED) is 0.556. The number of hydrogen-bond acceptors (Lipinski definition) is 3. The van der Waals surface area contributed by atoms with E-state index in [-0.39, 0.29) is 0 Å². The zero-order valence-corrected chi connectivity index (χ0v) is 11.4. The van der Waals surface area contributed by atoms with E-state index >= 15 is 0 Å². The van der Waals surface area contributed by atoms with Crippen LogP contribution in [0.15, 0.2) is 0 Å². The maximum absolute atomic E-state index is 5.71. The zero-order chi connectivity index (χ0) is 12.1. The van der Waals surface area contributed by atoms with Crippen molar-refractivity contribution in [2.45, 2.75) is 45.6 Å². The van der Waals surface area contributed by atoms with E-state index in [4.69, 9.17) is 5.84 Å². The Morgan fingerprint density at radius 1 is 1.19 bits per heavy atom. The van der Waals surface area contributed by atoms with Crippen molar-refractivity contribution in [2.75, 3.05) is 20.6 Å². The first-order valence-corrected chi connectivity index (χ1v) is 6.63. The Balaban J connectivity index is 2.44. The van der Waals surface area contributed by atoms with Crippen molar-refractivity contribution in [2.24, 2.45) is 23.6 Å². The van der Waals surface area contributed by atoms with Crippen LogP contribution in [0.5, 0.6) is 0 Å². The van der Waals surface area contributed by atoms with Crippen LogP contribution in [-0.2, 0) is 0 Å². The van der Waals surface area contributed by atoms with Crippen LogP contribution in [0.1, 0.15) is 39.5 Å². The fourth-order valence-electron chi connectivity index (χ4n) is 3.19. The molecular formula is C13H29N3. The molecule has 0 heterocycles.